The first-order valence-corrected chi connectivity index (χ1v) is 12.0. The molecule has 2 aromatic rings. The molecule has 0 unspecified atom stereocenters. The zero-order valence-corrected chi connectivity index (χ0v) is 19.5. The second-order valence-corrected chi connectivity index (χ2v) is 9.57. The van der Waals surface area contributed by atoms with Crippen molar-refractivity contribution in [1.82, 2.24) is 4.90 Å². The van der Waals surface area contributed by atoms with E-state index in [4.69, 9.17) is 16.3 Å². The lowest BCUT2D eigenvalue weighted by molar-refractivity contribution is -0.152. The summed E-state index contributed by atoms with van der Waals surface area (Å²) in [5.41, 5.74) is 1.16. The predicted octanol–water partition coefficient (Wildman–Crippen LogP) is 5.64. The number of nitrogens with zero attached hydrogens (tertiary/aromatic N) is 2. The van der Waals surface area contributed by atoms with E-state index < -0.39 is 10.8 Å². The van der Waals surface area contributed by atoms with Crippen LogP contribution in [0.25, 0.3) is 0 Å². The molecule has 0 aromatic heterocycles. The van der Waals surface area contributed by atoms with Gasteiger partial charge in [0.15, 0.2) is 0 Å². The van der Waals surface area contributed by atoms with Crippen molar-refractivity contribution < 1.29 is 9.53 Å². The first kappa shape index (κ1) is 22.8. The average Bonchev–Trinajstić information content (AvgIpc) is 2.85. The standard InChI is InChI=1S/C27H31ClN2O2/c1-2-32-25(31)27(22-6-4-3-5-7-22)16-18-30(19-17-27)24-12-14-26(20-29,15-13-24)21-8-10-23(28)11-9-21/h3-11,24H,2,12-19H2,1H3. The summed E-state index contributed by atoms with van der Waals surface area (Å²) >= 11 is 6.05. The quantitative estimate of drug-likeness (QED) is 0.553. The van der Waals surface area contributed by atoms with E-state index >= 15 is 0 Å². The van der Waals surface area contributed by atoms with Crippen molar-refractivity contribution in [3.8, 4) is 6.07 Å². The molecule has 2 fully saturated rings. The van der Waals surface area contributed by atoms with Crippen LogP contribution in [0, 0.1) is 11.3 Å². The van der Waals surface area contributed by atoms with Gasteiger partial charge in [-0.15, -0.1) is 0 Å². The van der Waals surface area contributed by atoms with Crippen molar-refractivity contribution in [2.75, 3.05) is 19.7 Å². The smallest absolute Gasteiger partial charge is 0.316 e. The molecular formula is C27H31ClN2O2. The van der Waals surface area contributed by atoms with Crippen molar-refractivity contribution in [3.05, 3.63) is 70.7 Å². The third kappa shape index (κ3) is 4.29. The molecule has 0 radical (unpaired) electrons. The number of carbonyl (C=O) groups is 1. The van der Waals surface area contributed by atoms with E-state index in [2.05, 4.69) is 23.1 Å². The Kier molecular flexibility index (Phi) is 6.88. The fourth-order valence-corrected chi connectivity index (χ4v) is 5.73. The molecule has 4 nitrogen and oxygen atoms in total. The van der Waals surface area contributed by atoms with Gasteiger partial charge in [0.1, 0.15) is 0 Å². The van der Waals surface area contributed by atoms with Crippen LogP contribution >= 0.6 is 11.6 Å². The molecule has 0 amide bonds. The van der Waals surface area contributed by atoms with Gasteiger partial charge in [0, 0.05) is 11.1 Å². The molecular weight excluding hydrogens is 420 g/mol. The van der Waals surface area contributed by atoms with Gasteiger partial charge in [0.2, 0.25) is 0 Å². The average molecular weight is 451 g/mol. The Morgan fingerprint density at radius 3 is 2.22 bits per heavy atom. The fraction of sp³-hybridized carbons (Fsp3) is 0.481. The molecule has 168 valence electrons. The summed E-state index contributed by atoms with van der Waals surface area (Å²) in [5.74, 6) is -0.0965. The van der Waals surface area contributed by atoms with E-state index in [1.165, 1.54) is 0 Å². The Morgan fingerprint density at radius 1 is 1.03 bits per heavy atom. The fourth-order valence-electron chi connectivity index (χ4n) is 5.60. The van der Waals surface area contributed by atoms with Gasteiger partial charge in [0.05, 0.1) is 23.5 Å². The van der Waals surface area contributed by atoms with Crippen molar-refractivity contribution in [2.45, 2.75) is 62.3 Å². The van der Waals surface area contributed by atoms with E-state index in [-0.39, 0.29) is 5.97 Å². The largest absolute Gasteiger partial charge is 0.465 e. The lowest BCUT2D eigenvalue weighted by atomic mass is 9.68. The lowest BCUT2D eigenvalue weighted by Crippen LogP contribution is -2.52. The highest BCUT2D eigenvalue weighted by Gasteiger charge is 2.46. The zero-order valence-electron chi connectivity index (χ0n) is 18.7. The highest BCUT2D eigenvalue weighted by atomic mass is 35.5. The van der Waals surface area contributed by atoms with Gasteiger partial charge in [-0.05, 0) is 81.8 Å². The molecule has 32 heavy (non-hydrogen) atoms. The maximum atomic E-state index is 13.0. The Labute approximate surface area is 196 Å². The minimum absolute atomic E-state index is 0.0965. The van der Waals surface area contributed by atoms with Gasteiger partial charge >= 0.3 is 5.97 Å². The Balaban J connectivity index is 1.44. The molecule has 4 rings (SSSR count). The Morgan fingerprint density at radius 2 is 1.66 bits per heavy atom. The number of hydrogen-bond acceptors (Lipinski definition) is 4. The molecule has 0 bridgehead atoms. The van der Waals surface area contributed by atoms with Crippen LogP contribution in [0.3, 0.4) is 0 Å². The van der Waals surface area contributed by atoms with E-state index in [0.29, 0.717) is 17.7 Å². The number of nitriles is 1. The highest BCUT2D eigenvalue weighted by Crippen LogP contribution is 2.43. The molecule has 2 aromatic carbocycles. The number of carbonyl (C=O) groups excluding carboxylic acids is 1. The van der Waals surface area contributed by atoms with Crippen LogP contribution in [0.5, 0.6) is 0 Å². The maximum absolute atomic E-state index is 13.0. The number of likely N-dealkylation sites (tertiary alicyclic amines) is 1. The highest BCUT2D eigenvalue weighted by molar-refractivity contribution is 6.30. The van der Waals surface area contributed by atoms with E-state index in [1.807, 2.05) is 49.4 Å². The molecule has 1 heterocycles. The summed E-state index contributed by atoms with van der Waals surface area (Å²) in [6.45, 7) is 4.02. The predicted molar refractivity (Wildman–Crippen MR) is 127 cm³/mol. The third-order valence-electron chi connectivity index (χ3n) is 7.58. The molecule has 1 saturated carbocycles. The lowest BCUT2D eigenvalue weighted by Gasteiger charge is -2.46. The second kappa shape index (κ2) is 9.65. The number of piperidine rings is 1. The monoisotopic (exact) mass is 450 g/mol. The molecule has 1 aliphatic carbocycles. The summed E-state index contributed by atoms with van der Waals surface area (Å²) in [6.07, 6.45) is 5.24. The summed E-state index contributed by atoms with van der Waals surface area (Å²) < 4.78 is 5.52. The van der Waals surface area contributed by atoms with Gasteiger partial charge in [-0.2, -0.15) is 5.26 Å². The van der Waals surface area contributed by atoms with E-state index in [9.17, 15) is 10.1 Å². The molecule has 0 atom stereocenters. The van der Waals surface area contributed by atoms with Crippen LogP contribution in [0.2, 0.25) is 5.02 Å². The Hall–Kier alpha value is -2.35. The number of benzene rings is 2. The maximum Gasteiger partial charge on any atom is 0.316 e. The molecule has 1 aliphatic heterocycles. The van der Waals surface area contributed by atoms with Crippen LogP contribution in [0.15, 0.2) is 54.6 Å². The van der Waals surface area contributed by atoms with Crippen molar-refractivity contribution in [1.29, 1.82) is 5.26 Å². The minimum Gasteiger partial charge on any atom is -0.465 e. The van der Waals surface area contributed by atoms with Crippen LogP contribution in [0.4, 0.5) is 0 Å². The topological polar surface area (TPSA) is 53.3 Å². The van der Waals surface area contributed by atoms with Crippen molar-refractivity contribution in [3.63, 3.8) is 0 Å². The van der Waals surface area contributed by atoms with Gasteiger partial charge in [-0.25, -0.2) is 0 Å². The van der Waals surface area contributed by atoms with Gasteiger partial charge < -0.3 is 9.64 Å². The summed E-state index contributed by atoms with van der Waals surface area (Å²) in [7, 11) is 0. The molecule has 0 N–H and O–H groups in total. The first-order valence-electron chi connectivity index (χ1n) is 11.7. The van der Waals surface area contributed by atoms with Crippen LogP contribution in [-0.2, 0) is 20.4 Å². The van der Waals surface area contributed by atoms with Gasteiger partial charge in [0.25, 0.3) is 0 Å². The minimum atomic E-state index is -0.553. The van der Waals surface area contributed by atoms with Crippen LogP contribution in [0.1, 0.15) is 56.6 Å². The summed E-state index contributed by atoms with van der Waals surface area (Å²) in [5, 5.41) is 10.7. The van der Waals surface area contributed by atoms with Crippen molar-refractivity contribution >= 4 is 17.6 Å². The number of rotatable bonds is 5. The summed E-state index contributed by atoms with van der Waals surface area (Å²) in [6, 6.07) is 20.9. The number of ether oxygens (including phenoxy) is 1. The van der Waals surface area contributed by atoms with E-state index in [0.717, 1.165) is 62.7 Å². The van der Waals surface area contributed by atoms with Crippen molar-refractivity contribution in [2.24, 2.45) is 0 Å². The van der Waals surface area contributed by atoms with Crippen LogP contribution in [-0.4, -0.2) is 36.6 Å². The number of hydrogen-bond donors (Lipinski definition) is 0. The van der Waals surface area contributed by atoms with E-state index in [1.54, 1.807) is 0 Å². The molecule has 2 aliphatic rings. The number of halogens is 1. The molecule has 1 saturated heterocycles. The zero-order chi connectivity index (χ0) is 22.6. The molecule has 0 spiro atoms. The third-order valence-corrected chi connectivity index (χ3v) is 7.83. The molecule has 5 heteroatoms. The Bertz CT molecular complexity index is 951. The van der Waals surface area contributed by atoms with Gasteiger partial charge in [-0.3, -0.25) is 4.79 Å². The van der Waals surface area contributed by atoms with Gasteiger partial charge in [-0.1, -0.05) is 54.1 Å². The second-order valence-electron chi connectivity index (χ2n) is 9.14. The van der Waals surface area contributed by atoms with Crippen LogP contribution < -0.4 is 0 Å². The number of esters is 1. The normalized spacial score (nSPS) is 25.6. The summed E-state index contributed by atoms with van der Waals surface area (Å²) in [4.78, 5) is 15.6. The first-order chi connectivity index (χ1) is 15.5. The SMILES string of the molecule is CCOC(=O)C1(c2ccccc2)CCN(C2CCC(C#N)(c3ccc(Cl)cc3)CC2)CC1.